The topological polar surface area (TPSA) is 51.3 Å². The van der Waals surface area contributed by atoms with E-state index in [4.69, 9.17) is 5.73 Å². The number of nitrogens with zero attached hydrogens (tertiary/aromatic N) is 2. The minimum atomic E-state index is 0.125. The van der Waals surface area contributed by atoms with Crippen molar-refractivity contribution in [2.24, 2.45) is 5.92 Å². The predicted molar refractivity (Wildman–Crippen MR) is 78.1 cm³/mol. The Morgan fingerprint density at radius 2 is 2.11 bits per heavy atom. The van der Waals surface area contributed by atoms with E-state index in [1.165, 1.54) is 6.42 Å². The summed E-state index contributed by atoms with van der Waals surface area (Å²) in [6.07, 6.45) is 5.28. The number of likely N-dealkylation sites (tertiary alicyclic amines) is 1. The lowest BCUT2D eigenvalue weighted by molar-refractivity contribution is 0.0748. The average molecular weight is 263 g/mol. The number of carbonyl (C=O) groups is 1. The zero-order valence-corrected chi connectivity index (χ0v) is 12.2. The number of aromatic nitrogens is 1. The second-order valence-corrected chi connectivity index (χ2v) is 5.99. The van der Waals surface area contributed by atoms with Crippen molar-refractivity contribution in [3.63, 3.8) is 0 Å². The van der Waals surface area contributed by atoms with Crippen LogP contribution in [0, 0.1) is 5.92 Å². The van der Waals surface area contributed by atoms with Crippen LogP contribution in [0.2, 0.25) is 0 Å². The van der Waals surface area contributed by atoms with Crippen LogP contribution < -0.4 is 5.73 Å². The van der Waals surface area contributed by atoms with Gasteiger partial charge in [0.1, 0.15) is 5.69 Å². The number of amides is 1. The monoisotopic (exact) mass is 263 g/mol. The van der Waals surface area contributed by atoms with Crippen molar-refractivity contribution in [1.29, 1.82) is 0 Å². The van der Waals surface area contributed by atoms with Crippen LogP contribution in [0.1, 0.15) is 56.6 Å². The number of hydrogen-bond donors (Lipinski definition) is 1. The average Bonchev–Trinajstić information content (AvgIpc) is 2.61. The van der Waals surface area contributed by atoms with E-state index in [1.54, 1.807) is 6.07 Å². The number of nitrogens with two attached hydrogens (primary N) is 1. The fourth-order valence-electron chi connectivity index (χ4n) is 2.73. The van der Waals surface area contributed by atoms with Gasteiger partial charge in [-0.2, -0.15) is 0 Å². The lowest BCUT2D eigenvalue weighted by Crippen LogP contribution is -2.33. The highest BCUT2D eigenvalue weighted by Gasteiger charge is 2.23. The quantitative estimate of drug-likeness (QED) is 0.892. The molecule has 1 saturated heterocycles. The van der Waals surface area contributed by atoms with E-state index in [0.717, 1.165) is 37.5 Å². The Balaban J connectivity index is 2.19. The normalized spacial score (nSPS) is 20.6. The summed E-state index contributed by atoms with van der Waals surface area (Å²) < 4.78 is 1.98. The van der Waals surface area contributed by atoms with Crippen molar-refractivity contribution in [3.05, 3.63) is 18.0 Å². The number of anilines is 1. The third-order valence-corrected chi connectivity index (χ3v) is 3.95. The van der Waals surface area contributed by atoms with Gasteiger partial charge in [0, 0.05) is 25.3 Å². The van der Waals surface area contributed by atoms with Crippen molar-refractivity contribution in [2.75, 3.05) is 18.8 Å². The first kappa shape index (κ1) is 14.0. The van der Waals surface area contributed by atoms with Gasteiger partial charge in [0.15, 0.2) is 0 Å². The molecule has 2 N–H and O–H groups in total. The molecule has 0 saturated carbocycles. The van der Waals surface area contributed by atoms with Crippen molar-refractivity contribution in [2.45, 2.75) is 46.1 Å². The van der Waals surface area contributed by atoms with Gasteiger partial charge in [0.2, 0.25) is 0 Å². The highest BCUT2D eigenvalue weighted by molar-refractivity contribution is 5.94. The molecular formula is C15H25N3O. The van der Waals surface area contributed by atoms with E-state index in [1.807, 2.05) is 15.7 Å². The van der Waals surface area contributed by atoms with Gasteiger partial charge in [0.25, 0.3) is 5.91 Å². The summed E-state index contributed by atoms with van der Waals surface area (Å²) in [6.45, 7) is 8.14. The molecule has 4 heteroatoms. The second-order valence-electron chi connectivity index (χ2n) is 5.99. The molecule has 1 unspecified atom stereocenters. The highest BCUT2D eigenvalue weighted by atomic mass is 16.2. The summed E-state index contributed by atoms with van der Waals surface area (Å²) in [5.74, 6) is 0.847. The van der Waals surface area contributed by atoms with Gasteiger partial charge in [0.05, 0.1) is 5.69 Å². The van der Waals surface area contributed by atoms with E-state index in [0.29, 0.717) is 5.69 Å². The van der Waals surface area contributed by atoms with Crippen LogP contribution in [-0.4, -0.2) is 28.5 Å². The van der Waals surface area contributed by atoms with Gasteiger partial charge in [-0.05, 0) is 45.1 Å². The van der Waals surface area contributed by atoms with E-state index < -0.39 is 0 Å². The molecule has 1 aliphatic rings. The Bertz CT molecular complexity index is 450. The molecule has 2 heterocycles. The first-order valence-electron chi connectivity index (χ1n) is 7.25. The van der Waals surface area contributed by atoms with Gasteiger partial charge in [-0.3, -0.25) is 4.79 Å². The Labute approximate surface area is 115 Å². The SMILES string of the molecule is CC1CCCN(C(=O)c2cc(N)cn2C(C)C)CC1. The lowest BCUT2D eigenvalue weighted by atomic mass is 10.0. The molecule has 1 fully saturated rings. The molecule has 0 aromatic carbocycles. The van der Waals surface area contributed by atoms with E-state index in [-0.39, 0.29) is 11.9 Å². The summed E-state index contributed by atoms with van der Waals surface area (Å²) in [4.78, 5) is 14.6. The fourth-order valence-corrected chi connectivity index (χ4v) is 2.73. The molecule has 1 aliphatic heterocycles. The summed E-state index contributed by atoms with van der Waals surface area (Å²) in [6, 6.07) is 2.05. The van der Waals surface area contributed by atoms with E-state index in [2.05, 4.69) is 20.8 Å². The Morgan fingerprint density at radius 1 is 1.37 bits per heavy atom. The number of rotatable bonds is 2. The first-order chi connectivity index (χ1) is 8.99. The minimum Gasteiger partial charge on any atom is -0.397 e. The van der Waals surface area contributed by atoms with E-state index in [9.17, 15) is 4.79 Å². The summed E-state index contributed by atoms with van der Waals surface area (Å²) >= 11 is 0. The Kier molecular flexibility index (Phi) is 4.17. The zero-order valence-electron chi connectivity index (χ0n) is 12.2. The summed E-state index contributed by atoms with van der Waals surface area (Å²) in [7, 11) is 0. The third kappa shape index (κ3) is 3.11. The van der Waals surface area contributed by atoms with Crippen molar-refractivity contribution < 1.29 is 4.79 Å². The Hall–Kier alpha value is -1.45. The number of hydrogen-bond acceptors (Lipinski definition) is 2. The summed E-state index contributed by atoms with van der Waals surface area (Å²) in [5, 5.41) is 0. The third-order valence-electron chi connectivity index (χ3n) is 3.95. The molecule has 0 bridgehead atoms. The van der Waals surface area contributed by atoms with Crippen LogP contribution in [-0.2, 0) is 0 Å². The van der Waals surface area contributed by atoms with Crippen LogP contribution in [0.15, 0.2) is 12.3 Å². The van der Waals surface area contributed by atoms with Crippen LogP contribution in [0.3, 0.4) is 0 Å². The zero-order chi connectivity index (χ0) is 14.0. The molecule has 0 radical (unpaired) electrons. The molecule has 1 aromatic rings. The maximum absolute atomic E-state index is 12.6. The van der Waals surface area contributed by atoms with Crippen LogP contribution in [0.25, 0.3) is 0 Å². The standard InChI is InChI=1S/C15H25N3O/c1-11(2)18-10-13(16)9-14(18)15(19)17-7-4-5-12(3)6-8-17/h9-12H,4-8,16H2,1-3H3. The summed E-state index contributed by atoms with van der Waals surface area (Å²) in [5.41, 5.74) is 7.24. The number of carbonyl (C=O) groups excluding carboxylic acids is 1. The molecule has 1 amide bonds. The van der Waals surface area contributed by atoms with Gasteiger partial charge >= 0.3 is 0 Å². The molecule has 2 rings (SSSR count). The van der Waals surface area contributed by atoms with Crippen LogP contribution in [0.4, 0.5) is 5.69 Å². The lowest BCUT2D eigenvalue weighted by Gasteiger charge is -2.22. The maximum Gasteiger partial charge on any atom is 0.270 e. The van der Waals surface area contributed by atoms with Gasteiger partial charge in [-0.1, -0.05) is 6.92 Å². The molecule has 0 aliphatic carbocycles. The molecule has 1 atom stereocenters. The number of nitrogen functional groups attached to an aromatic ring is 1. The molecular weight excluding hydrogens is 238 g/mol. The van der Waals surface area contributed by atoms with Crippen LogP contribution >= 0.6 is 0 Å². The minimum absolute atomic E-state index is 0.125. The molecule has 4 nitrogen and oxygen atoms in total. The van der Waals surface area contributed by atoms with Gasteiger partial charge in [-0.25, -0.2) is 0 Å². The Morgan fingerprint density at radius 3 is 2.79 bits per heavy atom. The molecule has 0 spiro atoms. The van der Waals surface area contributed by atoms with Crippen molar-refractivity contribution >= 4 is 11.6 Å². The fraction of sp³-hybridized carbons (Fsp3) is 0.667. The van der Waals surface area contributed by atoms with Crippen molar-refractivity contribution in [3.8, 4) is 0 Å². The second kappa shape index (κ2) is 5.68. The first-order valence-corrected chi connectivity index (χ1v) is 7.25. The largest absolute Gasteiger partial charge is 0.397 e. The maximum atomic E-state index is 12.6. The molecule has 19 heavy (non-hydrogen) atoms. The van der Waals surface area contributed by atoms with Gasteiger partial charge < -0.3 is 15.2 Å². The molecule has 106 valence electrons. The van der Waals surface area contributed by atoms with Crippen molar-refractivity contribution in [1.82, 2.24) is 9.47 Å². The van der Waals surface area contributed by atoms with Crippen LogP contribution in [0.5, 0.6) is 0 Å². The smallest absolute Gasteiger partial charge is 0.270 e. The highest BCUT2D eigenvalue weighted by Crippen LogP contribution is 2.21. The predicted octanol–water partition coefficient (Wildman–Crippen LogP) is 2.91. The molecule has 1 aromatic heterocycles. The van der Waals surface area contributed by atoms with Gasteiger partial charge in [-0.15, -0.1) is 0 Å². The van der Waals surface area contributed by atoms with E-state index >= 15 is 0 Å².